The molecule has 0 aliphatic carbocycles. The summed E-state index contributed by atoms with van der Waals surface area (Å²) in [5, 5.41) is 3.26. The van der Waals surface area contributed by atoms with Crippen molar-refractivity contribution < 1.29 is 0 Å². The summed E-state index contributed by atoms with van der Waals surface area (Å²) in [6.45, 7) is 3.35. The summed E-state index contributed by atoms with van der Waals surface area (Å²) in [7, 11) is 0.348. The molecule has 2 unspecified atom stereocenters. The van der Waals surface area contributed by atoms with E-state index in [0.29, 0.717) is 10.5 Å². The van der Waals surface area contributed by atoms with E-state index in [0.717, 1.165) is 12.5 Å². The Morgan fingerprint density at radius 3 is 3.09 bits per heavy atom. The van der Waals surface area contributed by atoms with Gasteiger partial charge in [-0.3, -0.25) is 0 Å². The minimum absolute atomic E-state index is 0.348. The number of rotatable bonds is 2. The Morgan fingerprint density at radius 1 is 1.82 bits per heavy atom. The second kappa shape index (κ2) is 3.96. The Labute approximate surface area is 71.8 Å². The zero-order valence-electron chi connectivity index (χ0n) is 7.39. The van der Waals surface area contributed by atoms with Crippen molar-refractivity contribution in [3.63, 3.8) is 0 Å². The van der Waals surface area contributed by atoms with Crippen LogP contribution in [0.25, 0.3) is 0 Å². The second-order valence-corrected chi connectivity index (χ2v) is 5.17. The van der Waals surface area contributed by atoms with E-state index in [1.165, 1.54) is 17.7 Å². The molecule has 11 heavy (non-hydrogen) atoms. The fraction of sp³-hybridized carbons (Fsp3) is 0.667. The van der Waals surface area contributed by atoms with Crippen LogP contribution in [0.5, 0.6) is 0 Å². The molecule has 1 aliphatic heterocycles. The quantitative estimate of drug-likeness (QED) is 0.625. The molecule has 0 radical (unpaired) electrons. The van der Waals surface area contributed by atoms with Crippen LogP contribution < -0.4 is 5.32 Å². The minimum Gasteiger partial charge on any atom is -0.391 e. The maximum Gasteiger partial charge on any atom is 0.0147 e. The summed E-state index contributed by atoms with van der Waals surface area (Å²) in [5.41, 5.74) is 1.50. The Balaban J connectivity index is 2.50. The zero-order chi connectivity index (χ0) is 8.27. The van der Waals surface area contributed by atoms with Gasteiger partial charge in [0.1, 0.15) is 0 Å². The molecule has 1 rings (SSSR count). The van der Waals surface area contributed by atoms with Gasteiger partial charge in [0.15, 0.2) is 0 Å². The number of allylic oxidation sites excluding steroid dienone is 1. The van der Waals surface area contributed by atoms with Crippen molar-refractivity contribution in [2.75, 3.05) is 18.6 Å². The van der Waals surface area contributed by atoms with Crippen LogP contribution in [0.4, 0.5) is 0 Å². The van der Waals surface area contributed by atoms with Gasteiger partial charge in [-0.15, -0.1) is 0 Å². The third-order valence-corrected chi connectivity index (χ3v) is 3.07. The van der Waals surface area contributed by atoms with Crippen molar-refractivity contribution in [3.8, 4) is 0 Å². The third kappa shape index (κ3) is 2.70. The van der Waals surface area contributed by atoms with Crippen molar-refractivity contribution in [2.45, 2.75) is 13.3 Å². The van der Waals surface area contributed by atoms with Crippen molar-refractivity contribution in [1.29, 1.82) is 0 Å². The highest BCUT2D eigenvalue weighted by molar-refractivity contribution is 8.13. The lowest BCUT2D eigenvalue weighted by atomic mass is 9.97. The molecule has 0 saturated heterocycles. The smallest absolute Gasteiger partial charge is 0.0147 e. The lowest BCUT2D eigenvalue weighted by Crippen LogP contribution is -2.22. The van der Waals surface area contributed by atoms with Crippen LogP contribution in [0.15, 0.2) is 11.8 Å². The van der Waals surface area contributed by atoms with E-state index in [-0.39, 0.29) is 0 Å². The van der Waals surface area contributed by atoms with Crippen LogP contribution in [-0.2, 0) is 0 Å². The van der Waals surface area contributed by atoms with Gasteiger partial charge in [-0.1, -0.05) is 11.4 Å². The summed E-state index contributed by atoms with van der Waals surface area (Å²) in [6.07, 6.45) is 5.66. The van der Waals surface area contributed by atoms with Gasteiger partial charge in [-0.25, -0.2) is 0 Å². The average molecular weight is 171 g/mol. The first-order valence-electron chi connectivity index (χ1n) is 4.02. The first-order valence-corrected chi connectivity index (χ1v) is 5.99. The molecule has 0 aromatic rings. The molecule has 64 valence electrons. The Hall–Kier alpha value is -0.240. The predicted molar refractivity (Wildman–Crippen MR) is 55.4 cm³/mol. The highest BCUT2D eigenvalue weighted by Gasteiger charge is 2.13. The first-order chi connectivity index (χ1) is 5.20. The molecule has 0 saturated carbocycles. The van der Waals surface area contributed by atoms with Gasteiger partial charge in [0, 0.05) is 6.54 Å². The molecule has 0 fully saturated rings. The van der Waals surface area contributed by atoms with Crippen LogP contribution in [0.1, 0.15) is 13.3 Å². The molecule has 0 bridgehead atoms. The van der Waals surface area contributed by atoms with Gasteiger partial charge >= 0.3 is 0 Å². The highest BCUT2D eigenvalue weighted by atomic mass is 32.2. The number of hydrogen-bond acceptors (Lipinski definition) is 1. The topological polar surface area (TPSA) is 12.0 Å². The standard InChI is InChI=1S/C9H17NS/c1-8-6-10-5-4-9(8)7-11(2)3/h6,9-10H,2,4-5,7H2,1,3H3. The molecule has 1 heterocycles. The van der Waals surface area contributed by atoms with Crippen LogP contribution in [-0.4, -0.2) is 24.4 Å². The molecular weight excluding hydrogens is 154 g/mol. The molecule has 1 N–H and O–H groups in total. The maximum atomic E-state index is 4.05. The van der Waals surface area contributed by atoms with Gasteiger partial charge in [-0.05, 0) is 37.5 Å². The number of hydrogen-bond donors (Lipinski definition) is 1. The largest absolute Gasteiger partial charge is 0.391 e. The molecule has 2 heteroatoms. The van der Waals surface area contributed by atoms with Crippen LogP contribution in [0.2, 0.25) is 0 Å². The van der Waals surface area contributed by atoms with Crippen molar-refractivity contribution in [1.82, 2.24) is 5.32 Å². The SMILES string of the molecule is C=S(C)CC1CCNC=C1C. The second-order valence-electron chi connectivity index (χ2n) is 3.28. The Kier molecular flexibility index (Phi) is 3.18. The summed E-state index contributed by atoms with van der Waals surface area (Å²) in [5.74, 6) is 6.11. The van der Waals surface area contributed by atoms with Gasteiger partial charge in [0.25, 0.3) is 0 Å². The fourth-order valence-electron chi connectivity index (χ4n) is 1.39. The highest BCUT2D eigenvalue weighted by Crippen LogP contribution is 2.22. The molecule has 1 aliphatic rings. The van der Waals surface area contributed by atoms with Gasteiger partial charge in [0.2, 0.25) is 0 Å². The van der Waals surface area contributed by atoms with E-state index in [1.807, 2.05) is 0 Å². The Bertz CT molecular complexity index is 184. The van der Waals surface area contributed by atoms with Crippen LogP contribution in [0, 0.1) is 5.92 Å². The molecule has 1 nitrogen and oxygen atoms in total. The van der Waals surface area contributed by atoms with E-state index in [9.17, 15) is 0 Å². The summed E-state index contributed by atoms with van der Waals surface area (Å²) >= 11 is 0. The van der Waals surface area contributed by atoms with E-state index < -0.39 is 0 Å². The Morgan fingerprint density at radius 2 is 2.55 bits per heavy atom. The molecule has 0 spiro atoms. The fourth-order valence-corrected chi connectivity index (χ4v) is 2.51. The molecule has 0 aromatic carbocycles. The van der Waals surface area contributed by atoms with Crippen LogP contribution >= 0.6 is 10.5 Å². The van der Waals surface area contributed by atoms with Crippen molar-refractivity contribution in [3.05, 3.63) is 11.8 Å². The zero-order valence-corrected chi connectivity index (χ0v) is 8.21. The van der Waals surface area contributed by atoms with E-state index in [4.69, 9.17) is 0 Å². The number of nitrogens with one attached hydrogen (secondary N) is 1. The lowest BCUT2D eigenvalue weighted by Gasteiger charge is -2.22. The third-order valence-electron chi connectivity index (χ3n) is 2.10. The van der Waals surface area contributed by atoms with E-state index >= 15 is 0 Å². The van der Waals surface area contributed by atoms with Gasteiger partial charge in [0.05, 0.1) is 0 Å². The average Bonchev–Trinajstić information content (AvgIpc) is 1.93. The van der Waals surface area contributed by atoms with Gasteiger partial charge < -0.3 is 5.32 Å². The van der Waals surface area contributed by atoms with Crippen molar-refractivity contribution in [2.24, 2.45) is 5.92 Å². The molecular formula is C9H17NS. The predicted octanol–water partition coefficient (Wildman–Crippen LogP) is 1.83. The van der Waals surface area contributed by atoms with Gasteiger partial charge in [-0.2, -0.15) is 10.5 Å². The van der Waals surface area contributed by atoms with E-state index in [2.05, 4.69) is 30.6 Å². The molecule has 0 aromatic heterocycles. The van der Waals surface area contributed by atoms with Crippen molar-refractivity contribution >= 4 is 16.4 Å². The maximum absolute atomic E-state index is 4.05. The summed E-state index contributed by atoms with van der Waals surface area (Å²) in [4.78, 5) is 0. The summed E-state index contributed by atoms with van der Waals surface area (Å²) < 4.78 is 0. The molecule has 2 atom stereocenters. The van der Waals surface area contributed by atoms with E-state index in [1.54, 1.807) is 0 Å². The monoisotopic (exact) mass is 171 g/mol. The normalized spacial score (nSPS) is 27.1. The first kappa shape index (κ1) is 8.85. The molecule has 0 amide bonds. The minimum atomic E-state index is 0.348. The lowest BCUT2D eigenvalue weighted by molar-refractivity contribution is 0.564. The van der Waals surface area contributed by atoms with Crippen LogP contribution in [0.3, 0.4) is 0 Å². The summed E-state index contributed by atoms with van der Waals surface area (Å²) in [6, 6.07) is 0.